The third-order valence-electron chi connectivity index (χ3n) is 2.07. The Hall–Kier alpha value is -0.670. The third-order valence-corrected chi connectivity index (χ3v) is 3.95. The van der Waals surface area contributed by atoms with E-state index in [0.29, 0.717) is 5.06 Å². The largest absolute Gasteiger partial charge is 0.499 e. The van der Waals surface area contributed by atoms with Gasteiger partial charge in [-0.25, -0.2) is 0 Å². The van der Waals surface area contributed by atoms with Gasteiger partial charge in [0.05, 0.1) is 4.70 Å². The van der Waals surface area contributed by atoms with E-state index in [9.17, 15) is 5.11 Å². The smallest absolute Gasteiger partial charge is 0.172 e. The minimum atomic E-state index is 0.402. The van der Waals surface area contributed by atoms with Crippen molar-refractivity contribution in [2.75, 3.05) is 6.26 Å². The number of hydrogen-bond acceptors (Lipinski definition) is 3. The van der Waals surface area contributed by atoms with Crippen LogP contribution in [0, 0.1) is 6.92 Å². The van der Waals surface area contributed by atoms with Gasteiger partial charge in [0.2, 0.25) is 0 Å². The van der Waals surface area contributed by atoms with Crippen molar-refractivity contribution in [1.82, 2.24) is 0 Å². The molecular weight excluding hydrogens is 200 g/mol. The van der Waals surface area contributed by atoms with Crippen LogP contribution in [0.3, 0.4) is 0 Å². The van der Waals surface area contributed by atoms with Crippen LogP contribution in [0.1, 0.15) is 5.56 Å². The van der Waals surface area contributed by atoms with E-state index in [-0.39, 0.29) is 0 Å². The van der Waals surface area contributed by atoms with Gasteiger partial charge < -0.3 is 5.11 Å². The quantitative estimate of drug-likeness (QED) is 0.725. The molecule has 1 nitrogen and oxygen atoms in total. The molecule has 13 heavy (non-hydrogen) atoms. The van der Waals surface area contributed by atoms with Gasteiger partial charge in [-0.1, -0.05) is 17.4 Å². The minimum absolute atomic E-state index is 0.402. The van der Waals surface area contributed by atoms with Crippen LogP contribution in [0.4, 0.5) is 0 Å². The molecule has 0 saturated heterocycles. The van der Waals surface area contributed by atoms with Gasteiger partial charge in [0, 0.05) is 10.3 Å². The highest BCUT2D eigenvalue weighted by atomic mass is 32.2. The molecule has 3 heteroatoms. The zero-order valence-corrected chi connectivity index (χ0v) is 9.13. The van der Waals surface area contributed by atoms with Crippen LogP contribution < -0.4 is 0 Å². The zero-order chi connectivity index (χ0) is 9.42. The Balaban J connectivity index is 2.83. The highest BCUT2D eigenvalue weighted by molar-refractivity contribution is 7.99. The number of aryl methyl sites for hydroxylation is 1. The molecule has 0 fully saturated rings. The zero-order valence-electron chi connectivity index (χ0n) is 7.50. The summed E-state index contributed by atoms with van der Waals surface area (Å²) in [6.07, 6.45) is 2.06. The topological polar surface area (TPSA) is 20.2 Å². The highest BCUT2D eigenvalue weighted by Crippen LogP contribution is 2.38. The van der Waals surface area contributed by atoms with Gasteiger partial charge in [0.1, 0.15) is 0 Å². The molecule has 0 unspecified atom stereocenters. The maximum Gasteiger partial charge on any atom is 0.172 e. The van der Waals surface area contributed by atoms with Crippen LogP contribution >= 0.6 is 23.1 Å². The Morgan fingerprint density at radius 2 is 2.15 bits per heavy atom. The van der Waals surface area contributed by atoms with Crippen molar-refractivity contribution in [2.45, 2.75) is 11.8 Å². The van der Waals surface area contributed by atoms with Crippen LogP contribution in [0.5, 0.6) is 5.06 Å². The van der Waals surface area contributed by atoms with Crippen LogP contribution in [0.25, 0.3) is 10.1 Å². The molecule has 1 N–H and O–H groups in total. The first-order valence-corrected chi connectivity index (χ1v) is 6.02. The number of aromatic hydroxyl groups is 1. The summed E-state index contributed by atoms with van der Waals surface area (Å²) in [5.74, 6) is 0. The van der Waals surface area contributed by atoms with Gasteiger partial charge >= 0.3 is 0 Å². The predicted octanol–water partition coefficient (Wildman–Crippen LogP) is 3.64. The van der Waals surface area contributed by atoms with E-state index in [4.69, 9.17) is 0 Å². The summed E-state index contributed by atoms with van der Waals surface area (Å²) in [6, 6.07) is 6.05. The van der Waals surface area contributed by atoms with Crippen molar-refractivity contribution in [3.63, 3.8) is 0 Å². The monoisotopic (exact) mass is 210 g/mol. The molecular formula is C10H10OS2. The van der Waals surface area contributed by atoms with Crippen molar-refractivity contribution in [2.24, 2.45) is 0 Å². The lowest BCUT2D eigenvalue weighted by Crippen LogP contribution is -1.75. The lowest BCUT2D eigenvalue weighted by Gasteiger charge is -2.00. The van der Waals surface area contributed by atoms with Crippen LogP contribution in [-0.2, 0) is 0 Å². The van der Waals surface area contributed by atoms with E-state index in [0.717, 1.165) is 0 Å². The van der Waals surface area contributed by atoms with Crippen molar-refractivity contribution >= 4 is 33.2 Å². The standard InChI is InChI=1S/C10H10OS2/c1-6-3-4-8(12-2)10-7(6)5-9(11)13-10/h3-5,11H,1-2H3. The predicted molar refractivity (Wildman–Crippen MR) is 60.0 cm³/mol. The molecule has 0 bridgehead atoms. The second-order valence-electron chi connectivity index (χ2n) is 2.91. The second kappa shape index (κ2) is 3.24. The SMILES string of the molecule is CSc1ccc(C)c2cc(O)sc12. The molecule has 0 aliphatic rings. The normalized spacial score (nSPS) is 10.9. The van der Waals surface area contributed by atoms with Gasteiger partial charge in [0.15, 0.2) is 5.06 Å². The van der Waals surface area contributed by atoms with E-state index >= 15 is 0 Å². The molecule has 0 atom stereocenters. The van der Waals surface area contributed by atoms with Crippen molar-refractivity contribution in [3.05, 3.63) is 23.8 Å². The summed E-state index contributed by atoms with van der Waals surface area (Å²) >= 11 is 3.17. The highest BCUT2D eigenvalue weighted by Gasteiger charge is 2.06. The summed E-state index contributed by atoms with van der Waals surface area (Å²) in [7, 11) is 0. The molecule has 1 aromatic heterocycles. The van der Waals surface area contributed by atoms with Gasteiger partial charge in [-0.2, -0.15) is 0 Å². The number of fused-ring (bicyclic) bond motifs is 1. The fraction of sp³-hybridized carbons (Fsp3) is 0.200. The third kappa shape index (κ3) is 1.42. The van der Waals surface area contributed by atoms with E-state index in [1.807, 2.05) is 6.07 Å². The molecule has 68 valence electrons. The molecule has 0 radical (unpaired) electrons. The Morgan fingerprint density at radius 1 is 1.38 bits per heavy atom. The molecule has 2 aromatic rings. The Kier molecular flexibility index (Phi) is 2.22. The van der Waals surface area contributed by atoms with Crippen molar-refractivity contribution in [1.29, 1.82) is 0 Å². The summed E-state index contributed by atoms with van der Waals surface area (Å²) in [6.45, 7) is 2.07. The first-order valence-electron chi connectivity index (χ1n) is 3.98. The van der Waals surface area contributed by atoms with E-state index in [1.54, 1.807) is 11.8 Å². The van der Waals surface area contributed by atoms with E-state index in [1.165, 1.54) is 31.9 Å². The molecule has 0 saturated carbocycles. The summed E-state index contributed by atoms with van der Waals surface area (Å²) in [5, 5.41) is 11.0. The first kappa shape index (κ1) is 8.91. The number of rotatable bonds is 1. The van der Waals surface area contributed by atoms with Gasteiger partial charge in [-0.15, -0.1) is 11.8 Å². The van der Waals surface area contributed by atoms with Crippen molar-refractivity contribution in [3.8, 4) is 5.06 Å². The number of thiophene rings is 1. The summed E-state index contributed by atoms with van der Waals surface area (Å²) in [5.41, 5.74) is 1.23. The molecule has 2 rings (SSSR count). The molecule has 1 heterocycles. The first-order chi connectivity index (χ1) is 6.22. The fourth-order valence-electron chi connectivity index (χ4n) is 1.38. The van der Waals surface area contributed by atoms with Gasteiger partial charge in [-0.05, 0) is 30.9 Å². The lowest BCUT2D eigenvalue weighted by atomic mass is 10.1. The second-order valence-corrected chi connectivity index (χ2v) is 4.79. The van der Waals surface area contributed by atoms with Crippen molar-refractivity contribution < 1.29 is 5.11 Å². The maximum absolute atomic E-state index is 9.41. The minimum Gasteiger partial charge on any atom is -0.499 e. The molecule has 0 spiro atoms. The fourth-order valence-corrected chi connectivity index (χ4v) is 3.14. The molecule has 0 aliphatic heterocycles. The summed E-state index contributed by atoms with van der Waals surface area (Å²) in [4.78, 5) is 1.24. The average Bonchev–Trinajstić information content (AvgIpc) is 2.48. The molecule has 1 aromatic carbocycles. The summed E-state index contributed by atoms with van der Waals surface area (Å²) < 4.78 is 1.20. The van der Waals surface area contributed by atoms with E-state index < -0.39 is 0 Å². The van der Waals surface area contributed by atoms with E-state index in [2.05, 4.69) is 25.3 Å². The maximum atomic E-state index is 9.41. The lowest BCUT2D eigenvalue weighted by molar-refractivity contribution is 0.491. The van der Waals surface area contributed by atoms with Gasteiger partial charge in [-0.3, -0.25) is 0 Å². The number of hydrogen-bond donors (Lipinski definition) is 1. The van der Waals surface area contributed by atoms with Crippen LogP contribution in [0.2, 0.25) is 0 Å². The molecule has 0 amide bonds. The van der Waals surface area contributed by atoms with Gasteiger partial charge in [0.25, 0.3) is 0 Å². The Labute approximate surface area is 85.4 Å². The number of thioether (sulfide) groups is 1. The Morgan fingerprint density at radius 3 is 2.85 bits per heavy atom. The Bertz CT molecular complexity index is 445. The van der Waals surface area contributed by atoms with Crippen LogP contribution in [0.15, 0.2) is 23.1 Å². The number of benzene rings is 1. The molecule has 0 aliphatic carbocycles. The average molecular weight is 210 g/mol. The van der Waals surface area contributed by atoms with Crippen LogP contribution in [-0.4, -0.2) is 11.4 Å².